The van der Waals surface area contributed by atoms with Crippen LogP contribution in [0.3, 0.4) is 0 Å². The maximum absolute atomic E-state index is 11.7. The number of carbonyl (C=O) groups excluding carboxylic acids is 1. The molecule has 108 valence electrons. The third kappa shape index (κ3) is 9.28. The van der Waals surface area contributed by atoms with E-state index in [2.05, 4.69) is 26.1 Å². The first-order valence-corrected chi connectivity index (χ1v) is 6.79. The van der Waals surface area contributed by atoms with E-state index in [4.69, 9.17) is 4.74 Å². The van der Waals surface area contributed by atoms with E-state index in [0.717, 1.165) is 19.5 Å². The molecule has 0 bridgehead atoms. The standard InChI is InChI=1S/C14H30N2O2/c1-11(2)15-10-12(3)8-9-16(7)13(17)18-14(4,5)6/h11-12,15H,8-10H2,1-7H3. The molecular weight excluding hydrogens is 228 g/mol. The summed E-state index contributed by atoms with van der Waals surface area (Å²) < 4.78 is 5.30. The van der Waals surface area contributed by atoms with Crippen LogP contribution in [0.4, 0.5) is 4.79 Å². The Morgan fingerprint density at radius 3 is 2.28 bits per heavy atom. The maximum Gasteiger partial charge on any atom is 0.410 e. The van der Waals surface area contributed by atoms with Crippen LogP contribution in [0.25, 0.3) is 0 Å². The predicted octanol–water partition coefficient (Wildman–Crippen LogP) is 2.88. The SMILES string of the molecule is CC(CCN(C)C(=O)OC(C)(C)C)CNC(C)C. The van der Waals surface area contributed by atoms with Gasteiger partial charge in [0, 0.05) is 19.6 Å². The minimum Gasteiger partial charge on any atom is -0.444 e. The normalized spacial score (nSPS) is 13.6. The summed E-state index contributed by atoms with van der Waals surface area (Å²) in [5, 5.41) is 3.40. The molecule has 18 heavy (non-hydrogen) atoms. The molecule has 1 N–H and O–H groups in total. The van der Waals surface area contributed by atoms with E-state index in [-0.39, 0.29) is 6.09 Å². The van der Waals surface area contributed by atoms with Crippen molar-refractivity contribution >= 4 is 6.09 Å². The molecule has 0 aromatic heterocycles. The van der Waals surface area contributed by atoms with Gasteiger partial charge in [-0.3, -0.25) is 0 Å². The van der Waals surface area contributed by atoms with Gasteiger partial charge >= 0.3 is 6.09 Å². The number of nitrogens with one attached hydrogen (secondary N) is 1. The Hall–Kier alpha value is -0.770. The van der Waals surface area contributed by atoms with E-state index in [1.165, 1.54) is 0 Å². The summed E-state index contributed by atoms with van der Waals surface area (Å²) in [4.78, 5) is 13.4. The first kappa shape index (κ1) is 17.2. The van der Waals surface area contributed by atoms with E-state index in [1.54, 1.807) is 11.9 Å². The molecule has 0 aromatic rings. The Kier molecular flexibility index (Phi) is 7.29. The molecule has 0 rings (SSSR count). The Labute approximate surface area is 112 Å². The lowest BCUT2D eigenvalue weighted by atomic mass is 10.1. The molecule has 1 unspecified atom stereocenters. The van der Waals surface area contributed by atoms with Crippen LogP contribution in [0.15, 0.2) is 0 Å². The van der Waals surface area contributed by atoms with Gasteiger partial charge in [0.05, 0.1) is 0 Å². The number of hydrogen-bond acceptors (Lipinski definition) is 3. The highest BCUT2D eigenvalue weighted by atomic mass is 16.6. The molecule has 0 aliphatic heterocycles. The number of nitrogens with zero attached hydrogens (tertiary/aromatic N) is 1. The summed E-state index contributed by atoms with van der Waals surface area (Å²) in [6.07, 6.45) is 0.738. The lowest BCUT2D eigenvalue weighted by Crippen LogP contribution is -2.36. The van der Waals surface area contributed by atoms with Crippen molar-refractivity contribution in [2.75, 3.05) is 20.1 Å². The fourth-order valence-corrected chi connectivity index (χ4v) is 1.38. The van der Waals surface area contributed by atoms with Crippen LogP contribution in [0.2, 0.25) is 0 Å². The van der Waals surface area contributed by atoms with Crippen molar-refractivity contribution < 1.29 is 9.53 Å². The lowest BCUT2D eigenvalue weighted by molar-refractivity contribution is 0.0291. The van der Waals surface area contributed by atoms with Crippen LogP contribution < -0.4 is 5.32 Å². The van der Waals surface area contributed by atoms with Gasteiger partial charge in [-0.15, -0.1) is 0 Å². The first-order chi connectivity index (χ1) is 8.11. The topological polar surface area (TPSA) is 41.6 Å². The van der Waals surface area contributed by atoms with Crippen LogP contribution in [0, 0.1) is 5.92 Å². The Bertz CT molecular complexity index is 247. The van der Waals surface area contributed by atoms with E-state index < -0.39 is 5.60 Å². The highest BCUT2D eigenvalue weighted by molar-refractivity contribution is 5.67. The molecule has 4 heteroatoms. The second-order valence-corrected chi connectivity index (χ2v) is 6.36. The second-order valence-electron chi connectivity index (χ2n) is 6.36. The van der Waals surface area contributed by atoms with Gasteiger partial charge in [-0.2, -0.15) is 0 Å². The fraction of sp³-hybridized carbons (Fsp3) is 0.929. The average Bonchev–Trinajstić information content (AvgIpc) is 2.20. The van der Waals surface area contributed by atoms with Crippen molar-refractivity contribution in [1.29, 1.82) is 0 Å². The number of amides is 1. The zero-order valence-electron chi connectivity index (χ0n) is 13.0. The minimum absolute atomic E-state index is 0.244. The average molecular weight is 258 g/mol. The zero-order chi connectivity index (χ0) is 14.3. The van der Waals surface area contributed by atoms with E-state index in [1.807, 2.05) is 20.8 Å². The summed E-state index contributed by atoms with van der Waals surface area (Å²) in [6.45, 7) is 13.8. The molecular formula is C14H30N2O2. The molecule has 0 aliphatic carbocycles. The second kappa shape index (κ2) is 7.62. The molecule has 0 saturated heterocycles. The molecule has 0 radical (unpaired) electrons. The highest BCUT2D eigenvalue weighted by Gasteiger charge is 2.19. The van der Waals surface area contributed by atoms with Gasteiger partial charge in [-0.1, -0.05) is 20.8 Å². The molecule has 0 heterocycles. The molecule has 0 aliphatic rings. The van der Waals surface area contributed by atoms with Gasteiger partial charge in [0.1, 0.15) is 5.60 Å². The van der Waals surface area contributed by atoms with E-state index in [9.17, 15) is 4.79 Å². The monoisotopic (exact) mass is 258 g/mol. The molecule has 1 atom stereocenters. The van der Waals surface area contributed by atoms with Gasteiger partial charge in [-0.25, -0.2) is 4.79 Å². The van der Waals surface area contributed by atoms with Crippen molar-refractivity contribution in [2.45, 2.75) is 59.6 Å². The van der Waals surface area contributed by atoms with Gasteiger partial charge in [0.2, 0.25) is 0 Å². The number of hydrogen-bond donors (Lipinski definition) is 1. The largest absolute Gasteiger partial charge is 0.444 e. The van der Waals surface area contributed by atoms with Gasteiger partial charge in [0.25, 0.3) is 0 Å². The van der Waals surface area contributed by atoms with Gasteiger partial charge in [-0.05, 0) is 39.7 Å². The van der Waals surface area contributed by atoms with Crippen LogP contribution in [0.5, 0.6) is 0 Å². The first-order valence-electron chi connectivity index (χ1n) is 6.79. The predicted molar refractivity (Wildman–Crippen MR) is 75.8 cm³/mol. The Morgan fingerprint density at radius 2 is 1.83 bits per heavy atom. The third-order valence-corrected chi connectivity index (χ3v) is 2.54. The molecule has 0 spiro atoms. The molecule has 1 amide bonds. The van der Waals surface area contributed by atoms with Crippen LogP contribution in [-0.2, 0) is 4.74 Å². The summed E-state index contributed by atoms with van der Waals surface area (Å²) in [7, 11) is 1.79. The Morgan fingerprint density at radius 1 is 1.28 bits per heavy atom. The third-order valence-electron chi connectivity index (χ3n) is 2.54. The maximum atomic E-state index is 11.7. The number of ether oxygens (including phenoxy) is 1. The van der Waals surface area contributed by atoms with Crippen molar-refractivity contribution in [3.8, 4) is 0 Å². The zero-order valence-corrected chi connectivity index (χ0v) is 13.0. The van der Waals surface area contributed by atoms with Crippen molar-refractivity contribution in [2.24, 2.45) is 5.92 Å². The smallest absolute Gasteiger partial charge is 0.410 e. The van der Waals surface area contributed by atoms with Gasteiger partial charge < -0.3 is 15.0 Å². The quantitative estimate of drug-likeness (QED) is 0.796. The van der Waals surface area contributed by atoms with Crippen molar-refractivity contribution in [3.63, 3.8) is 0 Å². The van der Waals surface area contributed by atoms with Crippen LogP contribution >= 0.6 is 0 Å². The van der Waals surface area contributed by atoms with E-state index in [0.29, 0.717) is 12.0 Å². The molecule has 0 aromatic carbocycles. The Balaban J connectivity index is 3.88. The molecule has 4 nitrogen and oxygen atoms in total. The van der Waals surface area contributed by atoms with Crippen LogP contribution in [0.1, 0.15) is 48.0 Å². The van der Waals surface area contributed by atoms with Gasteiger partial charge in [0.15, 0.2) is 0 Å². The minimum atomic E-state index is -0.420. The summed E-state index contributed by atoms with van der Waals surface area (Å²) in [5.74, 6) is 0.553. The van der Waals surface area contributed by atoms with Crippen molar-refractivity contribution in [1.82, 2.24) is 10.2 Å². The van der Waals surface area contributed by atoms with Crippen LogP contribution in [-0.4, -0.2) is 42.8 Å². The van der Waals surface area contributed by atoms with E-state index >= 15 is 0 Å². The molecule has 0 fully saturated rings. The summed E-state index contributed by atoms with van der Waals surface area (Å²) in [6, 6.07) is 0.510. The number of rotatable bonds is 6. The van der Waals surface area contributed by atoms with Crippen molar-refractivity contribution in [3.05, 3.63) is 0 Å². The summed E-state index contributed by atoms with van der Waals surface area (Å²) in [5.41, 5.74) is -0.420. The summed E-state index contributed by atoms with van der Waals surface area (Å²) >= 11 is 0. The number of carbonyl (C=O) groups is 1. The lowest BCUT2D eigenvalue weighted by Gasteiger charge is -2.25. The fourth-order valence-electron chi connectivity index (χ4n) is 1.38. The molecule has 0 saturated carbocycles. The highest BCUT2D eigenvalue weighted by Crippen LogP contribution is 2.10.